The number of anilines is 1. The number of nitrogens with one attached hydrogen (secondary N) is 1. The molecule has 4 aromatic heterocycles. The van der Waals surface area contributed by atoms with E-state index in [1.807, 2.05) is 66.9 Å². The predicted octanol–water partition coefficient (Wildman–Crippen LogP) is 4.50. The lowest BCUT2D eigenvalue weighted by atomic mass is 10.2. The van der Waals surface area contributed by atoms with Gasteiger partial charge in [-0.25, -0.2) is 14.6 Å². The van der Waals surface area contributed by atoms with Gasteiger partial charge >= 0.3 is 0 Å². The van der Waals surface area contributed by atoms with Gasteiger partial charge in [0.1, 0.15) is 5.69 Å². The van der Waals surface area contributed by atoms with E-state index in [1.165, 1.54) is 11.3 Å². The van der Waals surface area contributed by atoms with Crippen LogP contribution in [0.4, 0.5) is 5.13 Å². The van der Waals surface area contributed by atoms with Gasteiger partial charge in [-0.05, 0) is 37.3 Å². The van der Waals surface area contributed by atoms with Crippen LogP contribution in [-0.4, -0.2) is 30.6 Å². The first-order valence-electron chi connectivity index (χ1n) is 9.28. The lowest BCUT2D eigenvalue weighted by molar-refractivity contribution is 0.102. The number of para-hydroxylation sites is 1. The van der Waals surface area contributed by atoms with Gasteiger partial charge in [0.2, 0.25) is 0 Å². The third-order valence-corrected chi connectivity index (χ3v) is 5.46. The van der Waals surface area contributed by atoms with Crippen molar-refractivity contribution in [1.29, 1.82) is 0 Å². The molecule has 0 bridgehead atoms. The van der Waals surface area contributed by atoms with Crippen molar-refractivity contribution in [2.24, 2.45) is 0 Å². The van der Waals surface area contributed by atoms with E-state index in [2.05, 4.69) is 25.4 Å². The number of carbonyl (C=O) groups excluding carboxylic acids is 1. The van der Waals surface area contributed by atoms with E-state index in [9.17, 15) is 4.79 Å². The molecule has 0 atom stereocenters. The van der Waals surface area contributed by atoms with E-state index < -0.39 is 0 Å². The van der Waals surface area contributed by atoms with E-state index in [0.717, 1.165) is 22.3 Å². The highest BCUT2D eigenvalue weighted by Gasteiger charge is 2.17. The lowest BCUT2D eigenvalue weighted by Crippen LogP contribution is -2.13. The minimum Gasteiger partial charge on any atom is -0.298 e. The van der Waals surface area contributed by atoms with Crippen LogP contribution in [0, 0.1) is 6.92 Å². The van der Waals surface area contributed by atoms with Gasteiger partial charge in [-0.1, -0.05) is 24.3 Å². The average Bonchev–Trinajstić information content (AvgIpc) is 3.40. The Morgan fingerprint density at radius 1 is 1.00 bits per heavy atom. The normalized spacial score (nSPS) is 11.0. The minimum atomic E-state index is -0.263. The highest BCUT2D eigenvalue weighted by Crippen LogP contribution is 2.24. The van der Waals surface area contributed by atoms with Crippen molar-refractivity contribution >= 4 is 33.3 Å². The topological polar surface area (TPSA) is 85.6 Å². The number of hydrogen-bond acceptors (Lipinski definition) is 6. The van der Waals surface area contributed by atoms with Crippen molar-refractivity contribution in [3.63, 3.8) is 0 Å². The summed E-state index contributed by atoms with van der Waals surface area (Å²) in [7, 11) is 0. The van der Waals surface area contributed by atoms with E-state index in [-0.39, 0.29) is 5.91 Å². The fourth-order valence-electron chi connectivity index (χ4n) is 3.16. The number of nitrogens with zero attached hydrogens (tertiary/aromatic N) is 5. The van der Waals surface area contributed by atoms with Crippen LogP contribution in [0.3, 0.4) is 0 Å². The van der Waals surface area contributed by atoms with E-state index in [4.69, 9.17) is 0 Å². The first-order chi connectivity index (χ1) is 14.7. The number of carbonyl (C=O) groups is 1. The van der Waals surface area contributed by atoms with Crippen molar-refractivity contribution in [3.05, 3.63) is 83.6 Å². The van der Waals surface area contributed by atoms with Crippen LogP contribution >= 0.6 is 11.3 Å². The second-order valence-electron chi connectivity index (χ2n) is 6.62. The molecule has 1 aromatic carbocycles. The molecule has 0 unspecified atom stereocenters. The van der Waals surface area contributed by atoms with E-state index in [1.54, 1.807) is 17.1 Å². The molecule has 0 fully saturated rings. The van der Waals surface area contributed by atoms with Gasteiger partial charge in [-0.15, -0.1) is 11.3 Å². The van der Waals surface area contributed by atoms with Gasteiger partial charge in [0.05, 0.1) is 28.7 Å². The monoisotopic (exact) mass is 412 g/mol. The highest BCUT2D eigenvalue weighted by molar-refractivity contribution is 7.14. The number of aromatic nitrogens is 5. The van der Waals surface area contributed by atoms with Gasteiger partial charge in [-0.3, -0.25) is 15.1 Å². The molecule has 1 amide bonds. The molecule has 7 nitrogen and oxygen atoms in total. The summed E-state index contributed by atoms with van der Waals surface area (Å²) < 4.78 is 1.67. The molecule has 0 saturated heterocycles. The summed E-state index contributed by atoms with van der Waals surface area (Å²) in [5.41, 5.74) is 3.54. The maximum Gasteiger partial charge on any atom is 0.260 e. The summed E-state index contributed by atoms with van der Waals surface area (Å²) in [6, 6.07) is 17.4. The molecule has 0 radical (unpaired) electrons. The third kappa shape index (κ3) is 3.33. The SMILES string of the molecule is Cc1c(C(=O)Nc2nc(-c3ccccn3)cs2)cnn1-c1ccc2ccccc2n1. The molecule has 5 aromatic rings. The first-order valence-corrected chi connectivity index (χ1v) is 10.2. The van der Waals surface area contributed by atoms with Gasteiger partial charge < -0.3 is 0 Å². The minimum absolute atomic E-state index is 0.263. The second-order valence-corrected chi connectivity index (χ2v) is 7.48. The molecule has 146 valence electrons. The third-order valence-electron chi connectivity index (χ3n) is 4.71. The van der Waals surface area contributed by atoms with Crippen molar-refractivity contribution < 1.29 is 4.79 Å². The Hall–Kier alpha value is -3.91. The van der Waals surface area contributed by atoms with Crippen molar-refractivity contribution in [3.8, 4) is 17.2 Å². The number of benzene rings is 1. The molecule has 4 heterocycles. The van der Waals surface area contributed by atoms with E-state index in [0.29, 0.717) is 22.2 Å². The van der Waals surface area contributed by atoms with Crippen LogP contribution in [0.15, 0.2) is 72.4 Å². The average molecular weight is 412 g/mol. The molecule has 5 rings (SSSR count). The molecule has 1 N–H and O–H groups in total. The summed E-state index contributed by atoms with van der Waals surface area (Å²) in [5.74, 6) is 0.401. The van der Waals surface area contributed by atoms with Gasteiger partial charge in [-0.2, -0.15) is 5.10 Å². The number of rotatable bonds is 4. The molecular weight excluding hydrogens is 396 g/mol. The summed E-state index contributed by atoms with van der Waals surface area (Å²) in [4.78, 5) is 26.2. The zero-order valence-electron chi connectivity index (χ0n) is 16.0. The maximum atomic E-state index is 12.8. The fourth-order valence-corrected chi connectivity index (χ4v) is 3.86. The standard InChI is InChI=1S/C22H16N6OS/c1-14-16(12-24-28(14)20-10-9-15-6-2-3-7-17(15)25-20)21(29)27-22-26-19(13-30-22)18-8-4-5-11-23-18/h2-13H,1H3,(H,26,27,29). The molecule has 0 spiro atoms. The Morgan fingerprint density at radius 3 is 2.73 bits per heavy atom. The molecule has 0 aliphatic heterocycles. The Balaban J connectivity index is 1.39. The smallest absolute Gasteiger partial charge is 0.260 e. The quantitative estimate of drug-likeness (QED) is 0.470. The Kier molecular flexibility index (Phi) is 4.53. The fraction of sp³-hybridized carbons (Fsp3) is 0.0455. The van der Waals surface area contributed by atoms with Crippen LogP contribution in [0.1, 0.15) is 16.1 Å². The van der Waals surface area contributed by atoms with Gasteiger partial charge in [0, 0.05) is 17.0 Å². The van der Waals surface area contributed by atoms with E-state index >= 15 is 0 Å². The molecule has 0 saturated carbocycles. The Bertz CT molecular complexity index is 1360. The van der Waals surface area contributed by atoms with Crippen LogP contribution in [0.5, 0.6) is 0 Å². The summed E-state index contributed by atoms with van der Waals surface area (Å²) in [6.07, 6.45) is 3.26. The van der Waals surface area contributed by atoms with Crippen LogP contribution in [-0.2, 0) is 0 Å². The molecular formula is C22H16N6OS. The maximum absolute atomic E-state index is 12.8. The van der Waals surface area contributed by atoms with Crippen molar-refractivity contribution in [2.75, 3.05) is 5.32 Å². The van der Waals surface area contributed by atoms with Crippen LogP contribution in [0.25, 0.3) is 28.1 Å². The lowest BCUT2D eigenvalue weighted by Gasteiger charge is -2.06. The van der Waals surface area contributed by atoms with Gasteiger partial charge in [0.25, 0.3) is 5.91 Å². The molecule has 0 aliphatic carbocycles. The summed E-state index contributed by atoms with van der Waals surface area (Å²) in [6.45, 7) is 1.85. The Morgan fingerprint density at radius 2 is 1.87 bits per heavy atom. The summed E-state index contributed by atoms with van der Waals surface area (Å²) in [5, 5.41) is 10.7. The molecule has 30 heavy (non-hydrogen) atoms. The first kappa shape index (κ1) is 18.1. The highest BCUT2D eigenvalue weighted by atomic mass is 32.1. The Labute approximate surface area is 176 Å². The summed E-state index contributed by atoms with van der Waals surface area (Å²) >= 11 is 1.36. The zero-order valence-corrected chi connectivity index (χ0v) is 16.8. The largest absolute Gasteiger partial charge is 0.298 e. The number of amides is 1. The number of hydrogen-bond donors (Lipinski definition) is 1. The van der Waals surface area contributed by atoms with Crippen LogP contribution in [0.2, 0.25) is 0 Å². The number of pyridine rings is 2. The van der Waals surface area contributed by atoms with Crippen molar-refractivity contribution in [1.82, 2.24) is 24.7 Å². The molecule has 0 aliphatic rings. The number of fused-ring (bicyclic) bond motifs is 1. The zero-order chi connectivity index (χ0) is 20.5. The van der Waals surface area contributed by atoms with Crippen LogP contribution < -0.4 is 5.32 Å². The van der Waals surface area contributed by atoms with Gasteiger partial charge in [0.15, 0.2) is 10.9 Å². The second kappa shape index (κ2) is 7.49. The predicted molar refractivity (Wildman–Crippen MR) is 117 cm³/mol. The van der Waals surface area contributed by atoms with Crippen molar-refractivity contribution in [2.45, 2.75) is 6.92 Å². The molecule has 8 heteroatoms. The number of thiazole rings is 1.